The lowest BCUT2D eigenvalue weighted by Crippen LogP contribution is -2.52. The first-order valence-electron chi connectivity index (χ1n) is 5.93. The van der Waals surface area contributed by atoms with E-state index in [4.69, 9.17) is 16.9 Å². The van der Waals surface area contributed by atoms with E-state index in [1.165, 1.54) is 0 Å². The third kappa shape index (κ3) is 5.04. The molecule has 6 nitrogen and oxygen atoms in total. The standard InChI is InChI=1S/C11H24N6/c1-11(2,3)8-16-4-6-17(7-5-16)10(14)15-9(12)13/h4-8H2,1-3H3,(H5,12,13,14,15). The van der Waals surface area contributed by atoms with Crippen molar-refractivity contribution in [2.45, 2.75) is 20.8 Å². The summed E-state index contributed by atoms with van der Waals surface area (Å²) in [6.07, 6.45) is 0. The van der Waals surface area contributed by atoms with Gasteiger partial charge in [0.1, 0.15) is 0 Å². The maximum Gasteiger partial charge on any atom is 0.215 e. The van der Waals surface area contributed by atoms with Crippen molar-refractivity contribution in [1.29, 1.82) is 5.41 Å². The largest absolute Gasteiger partial charge is 0.369 e. The Hall–Kier alpha value is -1.30. The number of hydrogen-bond donors (Lipinski definition) is 3. The van der Waals surface area contributed by atoms with Crippen LogP contribution in [0.1, 0.15) is 20.8 Å². The van der Waals surface area contributed by atoms with Gasteiger partial charge in [-0.1, -0.05) is 20.8 Å². The maximum atomic E-state index is 7.07. The van der Waals surface area contributed by atoms with E-state index >= 15 is 0 Å². The number of nitrogens with zero attached hydrogens (tertiary/aromatic N) is 3. The summed E-state index contributed by atoms with van der Waals surface area (Å²) in [5, 5.41) is 7.07. The monoisotopic (exact) mass is 240 g/mol. The minimum Gasteiger partial charge on any atom is -0.369 e. The number of nitrogens with one attached hydrogen (secondary N) is 1. The van der Waals surface area contributed by atoms with Crippen molar-refractivity contribution in [1.82, 2.24) is 9.80 Å². The Bertz CT molecular complexity index is 296. The van der Waals surface area contributed by atoms with Crippen molar-refractivity contribution in [2.24, 2.45) is 21.9 Å². The third-order valence-electron chi connectivity index (χ3n) is 2.63. The first-order valence-corrected chi connectivity index (χ1v) is 5.93. The van der Waals surface area contributed by atoms with Crippen LogP contribution >= 0.6 is 0 Å². The predicted molar refractivity (Wildman–Crippen MR) is 71.0 cm³/mol. The molecule has 0 saturated carbocycles. The van der Waals surface area contributed by atoms with Gasteiger partial charge < -0.3 is 16.4 Å². The Morgan fingerprint density at radius 3 is 2.12 bits per heavy atom. The molecule has 0 atom stereocenters. The molecule has 1 rings (SSSR count). The Morgan fingerprint density at radius 1 is 1.18 bits per heavy atom. The Morgan fingerprint density at radius 2 is 1.71 bits per heavy atom. The zero-order chi connectivity index (χ0) is 13.1. The highest BCUT2D eigenvalue weighted by Gasteiger charge is 2.22. The molecule has 1 fully saturated rings. The van der Waals surface area contributed by atoms with E-state index in [2.05, 4.69) is 30.7 Å². The molecule has 5 N–H and O–H groups in total. The Labute approximate surface area is 103 Å². The van der Waals surface area contributed by atoms with Crippen molar-refractivity contribution < 1.29 is 0 Å². The zero-order valence-corrected chi connectivity index (χ0v) is 11.0. The lowest BCUT2D eigenvalue weighted by Gasteiger charge is -2.38. The second kappa shape index (κ2) is 5.35. The van der Waals surface area contributed by atoms with Crippen molar-refractivity contribution in [3.63, 3.8) is 0 Å². The lowest BCUT2D eigenvalue weighted by atomic mass is 9.96. The second-order valence-corrected chi connectivity index (χ2v) is 5.68. The van der Waals surface area contributed by atoms with Crippen LogP contribution in [0.5, 0.6) is 0 Å². The molecule has 1 aliphatic rings. The molecular weight excluding hydrogens is 216 g/mol. The first-order chi connectivity index (χ1) is 7.78. The second-order valence-electron chi connectivity index (χ2n) is 5.68. The molecule has 1 saturated heterocycles. The zero-order valence-electron chi connectivity index (χ0n) is 11.0. The molecule has 1 heterocycles. The number of rotatable bonds is 1. The van der Waals surface area contributed by atoms with Crippen LogP contribution in [0.4, 0.5) is 0 Å². The normalized spacial score (nSPS) is 19.5. The molecule has 6 heteroatoms. The van der Waals surface area contributed by atoms with Gasteiger partial charge in [0.15, 0.2) is 5.96 Å². The van der Waals surface area contributed by atoms with E-state index in [1.54, 1.807) is 0 Å². The van der Waals surface area contributed by atoms with Crippen LogP contribution < -0.4 is 11.5 Å². The highest BCUT2D eigenvalue weighted by atomic mass is 15.3. The SMILES string of the molecule is CC(C)(C)CN1CCN(/C(N)=N/C(=N)N)CC1. The summed E-state index contributed by atoms with van der Waals surface area (Å²) in [7, 11) is 0. The first kappa shape index (κ1) is 13.8. The van der Waals surface area contributed by atoms with Crippen molar-refractivity contribution in [3.05, 3.63) is 0 Å². The molecule has 0 aliphatic carbocycles. The molecule has 0 aromatic heterocycles. The van der Waals surface area contributed by atoms with E-state index in [0.29, 0.717) is 11.4 Å². The molecule has 0 aromatic carbocycles. The average Bonchev–Trinajstić information content (AvgIpc) is 2.15. The molecule has 0 unspecified atom stereocenters. The highest BCUT2D eigenvalue weighted by molar-refractivity contribution is 5.91. The van der Waals surface area contributed by atoms with Crippen LogP contribution in [-0.4, -0.2) is 54.4 Å². The number of hydrogen-bond acceptors (Lipinski definition) is 2. The molecule has 0 spiro atoms. The smallest absolute Gasteiger partial charge is 0.215 e. The Kier molecular flexibility index (Phi) is 4.34. The highest BCUT2D eigenvalue weighted by Crippen LogP contribution is 2.16. The van der Waals surface area contributed by atoms with Crippen LogP contribution in [0, 0.1) is 10.8 Å². The molecule has 0 aromatic rings. The summed E-state index contributed by atoms with van der Waals surface area (Å²) < 4.78 is 0. The van der Waals surface area contributed by atoms with Crippen molar-refractivity contribution in [3.8, 4) is 0 Å². The minimum atomic E-state index is -0.236. The molecule has 1 aliphatic heterocycles. The van der Waals surface area contributed by atoms with Gasteiger partial charge in [-0.25, -0.2) is 0 Å². The summed E-state index contributed by atoms with van der Waals surface area (Å²) in [5.41, 5.74) is 11.3. The number of guanidine groups is 2. The van der Waals surface area contributed by atoms with E-state index in [9.17, 15) is 0 Å². The van der Waals surface area contributed by atoms with E-state index in [0.717, 1.165) is 32.7 Å². The van der Waals surface area contributed by atoms with Crippen LogP contribution in [0.3, 0.4) is 0 Å². The Balaban J connectivity index is 2.43. The van der Waals surface area contributed by atoms with Gasteiger partial charge in [0, 0.05) is 32.7 Å². The van der Waals surface area contributed by atoms with Crippen molar-refractivity contribution >= 4 is 11.9 Å². The molecular formula is C11H24N6. The summed E-state index contributed by atoms with van der Waals surface area (Å²) in [4.78, 5) is 8.16. The fraction of sp³-hybridized carbons (Fsp3) is 0.818. The van der Waals surface area contributed by atoms with E-state index in [-0.39, 0.29) is 5.96 Å². The fourth-order valence-corrected chi connectivity index (χ4v) is 2.00. The third-order valence-corrected chi connectivity index (χ3v) is 2.63. The average molecular weight is 240 g/mol. The summed E-state index contributed by atoms with van der Waals surface area (Å²) in [5.74, 6) is 0.118. The van der Waals surface area contributed by atoms with Crippen LogP contribution in [0.15, 0.2) is 4.99 Å². The van der Waals surface area contributed by atoms with Crippen LogP contribution in [0.25, 0.3) is 0 Å². The van der Waals surface area contributed by atoms with Crippen molar-refractivity contribution in [2.75, 3.05) is 32.7 Å². The van der Waals surface area contributed by atoms with E-state index < -0.39 is 0 Å². The quantitative estimate of drug-likeness (QED) is 0.439. The molecule has 0 amide bonds. The topological polar surface area (TPSA) is 94.7 Å². The minimum absolute atomic E-state index is 0.236. The van der Waals surface area contributed by atoms with Gasteiger partial charge >= 0.3 is 0 Å². The van der Waals surface area contributed by atoms with Gasteiger partial charge in [-0.3, -0.25) is 10.3 Å². The number of nitrogens with two attached hydrogens (primary N) is 2. The molecule has 98 valence electrons. The van der Waals surface area contributed by atoms with Gasteiger partial charge in [-0.2, -0.15) is 4.99 Å². The van der Waals surface area contributed by atoms with Gasteiger partial charge in [0.25, 0.3) is 0 Å². The lowest BCUT2D eigenvalue weighted by molar-refractivity contribution is 0.136. The molecule has 0 radical (unpaired) electrons. The molecule has 0 bridgehead atoms. The number of piperazine rings is 1. The number of aliphatic imine (C=N–C) groups is 1. The summed E-state index contributed by atoms with van der Waals surface area (Å²) in [6.45, 7) is 11.5. The van der Waals surface area contributed by atoms with E-state index in [1.807, 2.05) is 4.90 Å². The maximum absolute atomic E-state index is 7.07. The van der Waals surface area contributed by atoms with Crippen LogP contribution in [0.2, 0.25) is 0 Å². The van der Waals surface area contributed by atoms with Gasteiger partial charge in [0.05, 0.1) is 0 Å². The van der Waals surface area contributed by atoms with Gasteiger partial charge in [-0.15, -0.1) is 0 Å². The fourth-order valence-electron chi connectivity index (χ4n) is 2.00. The van der Waals surface area contributed by atoms with Crippen LogP contribution in [-0.2, 0) is 0 Å². The summed E-state index contributed by atoms with van der Waals surface area (Å²) >= 11 is 0. The molecule has 17 heavy (non-hydrogen) atoms. The predicted octanol–water partition coefficient (Wildman–Crippen LogP) is -0.142. The summed E-state index contributed by atoms with van der Waals surface area (Å²) in [6, 6.07) is 0. The van der Waals surface area contributed by atoms with Gasteiger partial charge in [0.2, 0.25) is 5.96 Å². The van der Waals surface area contributed by atoms with Gasteiger partial charge in [-0.05, 0) is 5.41 Å².